The number of halogens is 8. The maximum atomic E-state index is 12.7. The zero-order valence-corrected chi connectivity index (χ0v) is 17.2. The standard InChI is InChI=1S/C13H8Br2F6N2OS2/c14-1-5(7-3-25-10(22-7)12(16,17)18)9(24)6(2-15)8-4-26-11(23-8)13(19,20)21/h3-6H,1-2H2. The molecule has 13 heteroatoms. The second-order valence-corrected chi connectivity index (χ2v) is 7.98. The molecular weight excluding hydrogens is 538 g/mol. The van der Waals surface area contributed by atoms with Gasteiger partial charge >= 0.3 is 12.4 Å². The third kappa shape index (κ3) is 4.84. The fourth-order valence-corrected chi connectivity index (χ4v) is 4.78. The molecular formula is C13H8Br2F6N2OS2. The number of rotatable bonds is 6. The van der Waals surface area contributed by atoms with Crippen molar-refractivity contribution in [3.8, 4) is 0 Å². The first-order chi connectivity index (χ1) is 12.0. The second-order valence-electron chi connectivity index (χ2n) is 4.97. The molecule has 0 saturated heterocycles. The molecule has 0 saturated carbocycles. The Kier molecular flexibility index (Phi) is 6.89. The minimum Gasteiger partial charge on any atom is -0.298 e. The number of nitrogens with zero attached hydrogens (tertiary/aromatic N) is 2. The first-order valence-electron chi connectivity index (χ1n) is 6.70. The summed E-state index contributed by atoms with van der Waals surface area (Å²) < 4.78 is 76.2. The highest BCUT2D eigenvalue weighted by atomic mass is 79.9. The largest absolute Gasteiger partial charge is 0.443 e. The van der Waals surface area contributed by atoms with E-state index < -0.39 is 40.0 Å². The molecule has 2 aromatic heterocycles. The molecule has 3 nitrogen and oxygen atoms in total. The molecule has 2 aromatic rings. The summed E-state index contributed by atoms with van der Waals surface area (Å²) in [6.07, 6.45) is -9.26. The Bertz CT molecular complexity index is 711. The summed E-state index contributed by atoms with van der Waals surface area (Å²) in [5.41, 5.74) is -0.164. The van der Waals surface area contributed by atoms with Crippen LogP contribution < -0.4 is 0 Å². The molecule has 2 unspecified atom stereocenters. The average Bonchev–Trinajstić information content (AvgIpc) is 3.17. The molecule has 0 aliphatic rings. The molecule has 0 aliphatic carbocycles. The van der Waals surface area contributed by atoms with Gasteiger partial charge in [-0.15, -0.1) is 22.7 Å². The van der Waals surface area contributed by atoms with E-state index in [9.17, 15) is 31.1 Å². The van der Waals surface area contributed by atoms with E-state index in [4.69, 9.17) is 0 Å². The molecule has 2 heterocycles. The highest BCUT2D eigenvalue weighted by Gasteiger charge is 2.39. The highest BCUT2D eigenvalue weighted by molar-refractivity contribution is 9.09. The van der Waals surface area contributed by atoms with E-state index in [0.717, 1.165) is 10.8 Å². The Balaban J connectivity index is 2.30. The van der Waals surface area contributed by atoms with E-state index in [2.05, 4.69) is 41.8 Å². The van der Waals surface area contributed by atoms with E-state index in [1.54, 1.807) is 0 Å². The average molecular weight is 546 g/mol. The maximum absolute atomic E-state index is 12.7. The summed E-state index contributed by atoms with van der Waals surface area (Å²) >= 11 is 6.85. The number of thiazole rings is 2. The lowest BCUT2D eigenvalue weighted by Gasteiger charge is -2.17. The van der Waals surface area contributed by atoms with Gasteiger partial charge < -0.3 is 0 Å². The number of carbonyl (C=O) groups excluding carboxylic acids is 1. The monoisotopic (exact) mass is 544 g/mol. The van der Waals surface area contributed by atoms with E-state index >= 15 is 0 Å². The van der Waals surface area contributed by atoms with Gasteiger partial charge in [0.1, 0.15) is 0 Å². The topological polar surface area (TPSA) is 42.9 Å². The summed E-state index contributed by atoms with van der Waals surface area (Å²) in [5, 5.41) is 0.0313. The van der Waals surface area contributed by atoms with Gasteiger partial charge in [-0.05, 0) is 0 Å². The predicted octanol–water partition coefficient (Wildman–Crippen LogP) is 5.86. The Morgan fingerprint density at radius 1 is 0.885 bits per heavy atom. The molecule has 26 heavy (non-hydrogen) atoms. The van der Waals surface area contributed by atoms with Gasteiger partial charge in [0.2, 0.25) is 0 Å². The minimum absolute atomic E-state index is 0.0212. The Morgan fingerprint density at radius 3 is 1.46 bits per heavy atom. The van der Waals surface area contributed by atoms with Crippen molar-refractivity contribution in [1.82, 2.24) is 9.97 Å². The normalized spacial score (nSPS) is 15.1. The zero-order chi connectivity index (χ0) is 19.7. The SMILES string of the molecule is O=C(C(CBr)c1csc(C(F)(F)F)n1)C(CBr)c1csc(C(F)(F)F)n1. The van der Waals surface area contributed by atoms with Crippen molar-refractivity contribution in [3.05, 3.63) is 32.2 Å². The first kappa shape index (κ1) is 21.8. The van der Waals surface area contributed by atoms with Crippen LogP contribution in [-0.4, -0.2) is 26.4 Å². The molecule has 0 radical (unpaired) electrons. The lowest BCUT2D eigenvalue weighted by Crippen LogP contribution is -2.24. The van der Waals surface area contributed by atoms with Crippen molar-refractivity contribution in [3.63, 3.8) is 0 Å². The lowest BCUT2D eigenvalue weighted by molar-refractivity contribution is -0.138. The van der Waals surface area contributed by atoms with Gasteiger partial charge in [0, 0.05) is 21.4 Å². The van der Waals surface area contributed by atoms with Crippen LogP contribution in [0.1, 0.15) is 33.2 Å². The van der Waals surface area contributed by atoms with Gasteiger partial charge in [-0.25, -0.2) is 9.97 Å². The quantitative estimate of drug-likeness (QED) is 0.337. The second kappa shape index (κ2) is 8.23. The van der Waals surface area contributed by atoms with E-state index in [1.807, 2.05) is 0 Å². The van der Waals surface area contributed by atoms with Gasteiger partial charge in [-0.1, -0.05) is 31.9 Å². The molecule has 0 spiro atoms. The van der Waals surface area contributed by atoms with Crippen LogP contribution >= 0.6 is 54.5 Å². The van der Waals surface area contributed by atoms with Crippen LogP contribution in [0.3, 0.4) is 0 Å². The number of alkyl halides is 8. The summed E-state index contributed by atoms with van der Waals surface area (Å²) in [6.45, 7) is 0. The van der Waals surface area contributed by atoms with E-state index in [-0.39, 0.29) is 22.0 Å². The molecule has 2 atom stereocenters. The molecule has 0 amide bonds. The lowest BCUT2D eigenvalue weighted by atomic mass is 9.91. The Hall–Kier alpha value is -0.530. The predicted molar refractivity (Wildman–Crippen MR) is 92.3 cm³/mol. The summed E-state index contributed by atoms with van der Waals surface area (Å²) in [7, 11) is 0. The smallest absolute Gasteiger partial charge is 0.298 e. The number of Topliss-reactive ketones (excluding diaryl/α,β-unsaturated/α-hetero) is 1. The van der Waals surface area contributed by atoms with Gasteiger partial charge in [-0.2, -0.15) is 26.3 Å². The van der Waals surface area contributed by atoms with Crippen LogP contribution in [-0.2, 0) is 17.1 Å². The van der Waals surface area contributed by atoms with E-state index in [1.165, 1.54) is 0 Å². The number of ketones is 1. The van der Waals surface area contributed by atoms with Crippen molar-refractivity contribution in [2.24, 2.45) is 0 Å². The van der Waals surface area contributed by atoms with Crippen molar-refractivity contribution >= 4 is 60.3 Å². The molecule has 0 bridgehead atoms. The van der Waals surface area contributed by atoms with Gasteiger partial charge in [0.05, 0.1) is 23.2 Å². The van der Waals surface area contributed by atoms with Crippen LogP contribution in [0.15, 0.2) is 10.8 Å². The summed E-state index contributed by atoms with van der Waals surface area (Å²) in [6, 6.07) is 0. The van der Waals surface area contributed by atoms with Crippen molar-refractivity contribution in [2.75, 3.05) is 10.7 Å². The van der Waals surface area contributed by atoms with Crippen molar-refractivity contribution in [1.29, 1.82) is 0 Å². The summed E-state index contributed by atoms with van der Waals surface area (Å²) in [4.78, 5) is 19.6. The zero-order valence-electron chi connectivity index (χ0n) is 12.4. The van der Waals surface area contributed by atoms with Crippen molar-refractivity contribution in [2.45, 2.75) is 24.2 Å². The molecule has 2 rings (SSSR count). The molecule has 0 aliphatic heterocycles. The van der Waals surface area contributed by atoms with Crippen LogP contribution in [0.4, 0.5) is 26.3 Å². The first-order valence-corrected chi connectivity index (χ1v) is 10.7. The molecule has 0 fully saturated rings. The number of aromatic nitrogens is 2. The van der Waals surface area contributed by atoms with Gasteiger partial charge in [0.25, 0.3) is 0 Å². The summed E-state index contributed by atoms with van der Waals surface area (Å²) in [5.74, 6) is -2.65. The minimum atomic E-state index is -4.63. The molecule has 144 valence electrons. The third-order valence-electron chi connectivity index (χ3n) is 3.24. The van der Waals surface area contributed by atoms with E-state index in [0.29, 0.717) is 22.7 Å². The van der Waals surface area contributed by atoms with Crippen LogP contribution in [0, 0.1) is 0 Å². The van der Waals surface area contributed by atoms with Gasteiger partial charge in [-0.3, -0.25) is 4.79 Å². The Morgan fingerprint density at radius 2 is 1.23 bits per heavy atom. The number of carbonyl (C=O) groups is 1. The van der Waals surface area contributed by atoms with Crippen molar-refractivity contribution < 1.29 is 31.1 Å². The fraction of sp³-hybridized carbons (Fsp3) is 0.462. The number of hydrogen-bond donors (Lipinski definition) is 0. The fourth-order valence-electron chi connectivity index (χ4n) is 2.00. The third-order valence-corrected chi connectivity index (χ3v) is 6.34. The van der Waals surface area contributed by atoms with Crippen LogP contribution in [0.25, 0.3) is 0 Å². The number of hydrogen-bond acceptors (Lipinski definition) is 5. The maximum Gasteiger partial charge on any atom is 0.443 e. The molecule has 0 aromatic carbocycles. The Labute approximate surface area is 168 Å². The van der Waals surface area contributed by atoms with Crippen LogP contribution in [0.5, 0.6) is 0 Å². The van der Waals surface area contributed by atoms with Crippen LogP contribution in [0.2, 0.25) is 0 Å². The highest BCUT2D eigenvalue weighted by Crippen LogP contribution is 2.37. The van der Waals surface area contributed by atoms with Gasteiger partial charge in [0.15, 0.2) is 15.8 Å². The molecule has 0 N–H and O–H groups in total.